The van der Waals surface area contributed by atoms with Crippen LogP contribution in [0.2, 0.25) is 0 Å². The minimum absolute atomic E-state index is 0.00148. The summed E-state index contributed by atoms with van der Waals surface area (Å²) in [5, 5.41) is 3.17. The van der Waals surface area contributed by atoms with Crippen LogP contribution in [0.25, 0.3) is 0 Å². The van der Waals surface area contributed by atoms with E-state index in [0.29, 0.717) is 12.6 Å². The number of carbonyl (C=O) groups is 2. The van der Waals surface area contributed by atoms with Gasteiger partial charge in [-0.3, -0.25) is 14.5 Å². The molecule has 0 aliphatic carbocycles. The van der Waals surface area contributed by atoms with Crippen LogP contribution in [0.15, 0.2) is 30.3 Å². The summed E-state index contributed by atoms with van der Waals surface area (Å²) in [6.45, 7) is 6.32. The molecule has 0 spiro atoms. The zero-order chi connectivity index (χ0) is 17.1. The van der Waals surface area contributed by atoms with Crippen LogP contribution in [-0.4, -0.2) is 53.3 Å². The van der Waals surface area contributed by atoms with Gasteiger partial charge in [0.05, 0.1) is 0 Å². The van der Waals surface area contributed by atoms with Crippen LogP contribution in [0.1, 0.15) is 44.7 Å². The van der Waals surface area contributed by atoms with Gasteiger partial charge in [0.25, 0.3) is 0 Å². The third kappa shape index (κ3) is 3.61. The molecular weight excluding hydrogens is 302 g/mol. The summed E-state index contributed by atoms with van der Waals surface area (Å²) in [6, 6.07) is 10.7. The average molecular weight is 329 g/mol. The van der Waals surface area contributed by atoms with E-state index in [1.165, 1.54) is 5.56 Å². The monoisotopic (exact) mass is 329 g/mol. The first-order valence-electron chi connectivity index (χ1n) is 8.93. The third-order valence-electron chi connectivity index (χ3n) is 5.36. The molecule has 2 aliphatic heterocycles. The summed E-state index contributed by atoms with van der Waals surface area (Å²) in [5.41, 5.74) is 1.31. The zero-order valence-corrected chi connectivity index (χ0v) is 14.6. The van der Waals surface area contributed by atoms with Gasteiger partial charge in [-0.1, -0.05) is 30.3 Å². The highest BCUT2D eigenvalue weighted by Crippen LogP contribution is 2.25. The number of benzene rings is 1. The molecular formula is C19H27N3O2. The van der Waals surface area contributed by atoms with Gasteiger partial charge in [0.2, 0.25) is 11.8 Å². The highest BCUT2D eigenvalue weighted by Gasteiger charge is 2.35. The van der Waals surface area contributed by atoms with Crippen molar-refractivity contribution in [3.8, 4) is 0 Å². The Morgan fingerprint density at radius 2 is 1.92 bits per heavy atom. The maximum absolute atomic E-state index is 12.5. The largest absolute Gasteiger partial charge is 0.350 e. The number of carbonyl (C=O) groups excluding carboxylic acids is 2. The quantitative estimate of drug-likeness (QED) is 0.918. The van der Waals surface area contributed by atoms with E-state index in [2.05, 4.69) is 41.4 Å². The molecule has 2 heterocycles. The molecule has 3 unspecified atom stereocenters. The summed E-state index contributed by atoms with van der Waals surface area (Å²) in [4.78, 5) is 28.3. The van der Waals surface area contributed by atoms with Crippen LogP contribution in [-0.2, 0) is 9.59 Å². The normalized spacial score (nSPS) is 25.7. The third-order valence-corrected chi connectivity index (χ3v) is 5.36. The smallest absolute Gasteiger partial charge is 0.243 e. The molecule has 1 N–H and O–H groups in total. The van der Waals surface area contributed by atoms with E-state index in [-0.39, 0.29) is 23.9 Å². The molecule has 0 bridgehead atoms. The Balaban J connectivity index is 1.54. The number of amides is 2. The maximum atomic E-state index is 12.5. The second-order valence-electron chi connectivity index (χ2n) is 6.95. The number of nitrogens with one attached hydrogen (secondary N) is 1. The van der Waals surface area contributed by atoms with E-state index in [0.717, 1.165) is 32.4 Å². The second-order valence-corrected chi connectivity index (χ2v) is 6.95. The van der Waals surface area contributed by atoms with E-state index >= 15 is 0 Å². The fourth-order valence-corrected chi connectivity index (χ4v) is 3.91. The first-order chi connectivity index (χ1) is 11.6. The molecule has 0 aromatic heterocycles. The van der Waals surface area contributed by atoms with Crippen LogP contribution in [0.5, 0.6) is 0 Å². The molecule has 2 saturated heterocycles. The van der Waals surface area contributed by atoms with Crippen LogP contribution in [0.3, 0.4) is 0 Å². The molecule has 1 aromatic carbocycles. The number of hydrogen-bond donors (Lipinski definition) is 1. The summed E-state index contributed by atoms with van der Waals surface area (Å²) in [7, 11) is 0. The molecule has 2 fully saturated rings. The van der Waals surface area contributed by atoms with Gasteiger partial charge in [0, 0.05) is 38.6 Å². The van der Waals surface area contributed by atoms with Crippen molar-refractivity contribution < 1.29 is 9.59 Å². The standard InChI is InChI=1S/C19H27N3O2/c1-14(16-7-4-3-5-8-16)21-12-10-17(13-21)20-19(24)18-9-6-11-22(18)15(2)23/h3-5,7-8,14,17-18H,6,9-13H2,1-2H3,(H,20,24). The molecule has 2 aliphatic rings. The Morgan fingerprint density at radius 3 is 2.62 bits per heavy atom. The Morgan fingerprint density at radius 1 is 1.17 bits per heavy atom. The van der Waals surface area contributed by atoms with E-state index in [1.54, 1.807) is 11.8 Å². The fraction of sp³-hybridized carbons (Fsp3) is 0.579. The average Bonchev–Trinajstić information content (AvgIpc) is 3.24. The lowest BCUT2D eigenvalue weighted by Gasteiger charge is -2.26. The SMILES string of the molecule is CC(=O)N1CCCC1C(=O)NC1CCN(C(C)c2ccccc2)C1. The number of hydrogen-bond acceptors (Lipinski definition) is 3. The Kier molecular flexibility index (Phi) is 5.19. The van der Waals surface area contributed by atoms with Gasteiger partial charge in [0.15, 0.2) is 0 Å². The molecule has 0 saturated carbocycles. The Labute approximate surface area is 144 Å². The molecule has 24 heavy (non-hydrogen) atoms. The first-order valence-corrected chi connectivity index (χ1v) is 8.93. The minimum atomic E-state index is -0.275. The summed E-state index contributed by atoms with van der Waals surface area (Å²) >= 11 is 0. The van der Waals surface area contributed by atoms with Crippen molar-refractivity contribution in [3.05, 3.63) is 35.9 Å². The number of nitrogens with zero attached hydrogens (tertiary/aromatic N) is 2. The van der Waals surface area contributed by atoms with Crippen molar-refractivity contribution >= 4 is 11.8 Å². The van der Waals surface area contributed by atoms with Crippen molar-refractivity contribution in [2.45, 2.75) is 51.2 Å². The topological polar surface area (TPSA) is 52.7 Å². The number of rotatable bonds is 4. The summed E-state index contributed by atoms with van der Waals surface area (Å²) < 4.78 is 0. The van der Waals surface area contributed by atoms with Crippen molar-refractivity contribution in [1.82, 2.24) is 15.1 Å². The lowest BCUT2D eigenvalue weighted by Crippen LogP contribution is -2.49. The van der Waals surface area contributed by atoms with Crippen molar-refractivity contribution in [2.75, 3.05) is 19.6 Å². The van der Waals surface area contributed by atoms with E-state index in [9.17, 15) is 9.59 Å². The van der Waals surface area contributed by atoms with E-state index < -0.39 is 0 Å². The van der Waals surface area contributed by atoms with Gasteiger partial charge in [-0.15, -0.1) is 0 Å². The Hall–Kier alpha value is -1.88. The maximum Gasteiger partial charge on any atom is 0.243 e. The van der Waals surface area contributed by atoms with Crippen LogP contribution >= 0.6 is 0 Å². The van der Waals surface area contributed by atoms with Crippen molar-refractivity contribution in [2.24, 2.45) is 0 Å². The molecule has 3 rings (SSSR count). The van der Waals surface area contributed by atoms with Crippen molar-refractivity contribution in [3.63, 3.8) is 0 Å². The van der Waals surface area contributed by atoms with Crippen molar-refractivity contribution in [1.29, 1.82) is 0 Å². The van der Waals surface area contributed by atoms with Crippen LogP contribution in [0.4, 0.5) is 0 Å². The van der Waals surface area contributed by atoms with E-state index in [4.69, 9.17) is 0 Å². The molecule has 0 radical (unpaired) electrons. The molecule has 130 valence electrons. The van der Waals surface area contributed by atoms with Gasteiger partial charge < -0.3 is 10.2 Å². The minimum Gasteiger partial charge on any atom is -0.350 e. The zero-order valence-electron chi connectivity index (χ0n) is 14.6. The Bertz CT molecular complexity index is 590. The van der Waals surface area contributed by atoms with Gasteiger partial charge in [0.1, 0.15) is 6.04 Å². The first kappa shape index (κ1) is 17.0. The second kappa shape index (κ2) is 7.34. The molecule has 5 heteroatoms. The number of likely N-dealkylation sites (tertiary alicyclic amines) is 2. The lowest BCUT2D eigenvalue weighted by molar-refractivity contribution is -0.137. The van der Waals surface area contributed by atoms with Crippen LogP contribution < -0.4 is 5.32 Å². The van der Waals surface area contributed by atoms with Gasteiger partial charge in [-0.25, -0.2) is 0 Å². The fourth-order valence-electron chi connectivity index (χ4n) is 3.91. The van der Waals surface area contributed by atoms with Gasteiger partial charge in [-0.05, 0) is 31.7 Å². The van der Waals surface area contributed by atoms with Gasteiger partial charge >= 0.3 is 0 Å². The van der Waals surface area contributed by atoms with Gasteiger partial charge in [-0.2, -0.15) is 0 Å². The predicted octanol–water partition coefficient (Wildman–Crippen LogP) is 1.95. The van der Waals surface area contributed by atoms with E-state index in [1.807, 2.05) is 6.07 Å². The molecule has 5 nitrogen and oxygen atoms in total. The predicted molar refractivity (Wildman–Crippen MR) is 93.4 cm³/mol. The highest BCUT2D eigenvalue weighted by atomic mass is 16.2. The highest BCUT2D eigenvalue weighted by molar-refractivity contribution is 5.87. The summed E-state index contributed by atoms with van der Waals surface area (Å²) in [5.74, 6) is 0.0142. The molecule has 3 atom stereocenters. The molecule has 1 aromatic rings. The summed E-state index contributed by atoms with van der Waals surface area (Å²) in [6.07, 6.45) is 2.66. The lowest BCUT2D eigenvalue weighted by atomic mass is 10.1. The van der Waals surface area contributed by atoms with Crippen LogP contribution in [0, 0.1) is 0 Å². The molecule has 2 amide bonds.